The van der Waals surface area contributed by atoms with Crippen LogP contribution in [0.2, 0.25) is 0 Å². The first-order valence-electron chi connectivity index (χ1n) is 9.20. The number of hydrogen-bond acceptors (Lipinski definition) is 5. The molecule has 1 heterocycles. The second-order valence-corrected chi connectivity index (χ2v) is 6.76. The Morgan fingerprint density at radius 1 is 1.26 bits per heavy atom. The van der Waals surface area contributed by atoms with Gasteiger partial charge >= 0.3 is 11.6 Å². The first-order chi connectivity index (χ1) is 13.0. The van der Waals surface area contributed by atoms with Crippen molar-refractivity contribution in [3.05, 3.63) is 39.7 Å². The van der Waals surface area contributed by atoms with Gasteiger partial charge in [0.2, 0.25) is 0 Å². The van der Waals surface area contributed by atoms with E-state index in [4.69, 9.17) is 14.3 Å². The van der Waals surface area contributed by atoms with E-state index < -0.39 is 12.1 Å². The van der Waals surface area contributed by atoms with E-state index in [0.29, 0.717) is 17.8 Å². The first-order valence-corrected chi connectivity index (χ1v) is 9.20. The summed E-state index contributed by atoms with van der Waals surface area (Å²) in [5.74, 6) is -0.782. The minimum absolute atomic E-state index is 0.00352. The lowest BCUT2D eigenvalue weighted by Gasteiger charge is -2.17. The number of hydrogen-bond donors (Lipinski definition) is 2. The largest absolute Gasteiger partial charge is 0.481 e. The van der Waals surface area contributed by atoms with E-state index >= 15 is 0 Å². The van der Waals surface area contributed by atoms with E-state index in [0.717, 1.165) is 42.2 Å². The number of carbonyl (C=O) groups excluding carboxylic acids is 1. The van der Waals surface area contributed by atoms with Gasteiger partial charge in [-0.3, -0.25) is 9.59 Å². The van der Waals surface area contributed by atoms with Crippen LogP contribution in [0.5, 0.6) is 5.75 Å². The monoisotopic (exact) mass is 373 g/mol. The Morgan fingerprint density at radius 3 is 2.74 bits per heavy atom. The Bertz CT molecular complexity index is 917. The molecule has 0 radical (unpaired) electrons. The number of carboxylic acid groups (broad SMARTS) is 1. The van der Waals surface area contributed by atoms with Crippen LogP contribution in [0.25, 0.3) is 11.0 Å². The fraction of sp³-hybridized carbons (Fsp3) is 0.450. The third-order valence-electron chi connectivity index (χ3n) is 4.74. The molecule has 0 saturated carbocycles. The topological polar surface area (TPSA) is 106 Å². The highest BCUT2D eigenvalue weighted by atomic mass is 16.5. The van der Waals surface area contributed by atoms with Gasteiger partial charge in [-0.15, -0.1) is 0 Å². The number of nitrogens with one attached hydrogen (secondary N) is 1. The lowest BCUT2D eigenvalue weighted by Crippen LogP contribution is -2.36. The zero-order valence-electron chi connectivity index (χ0n) is 15.2. The fourth-order valence-electron chi connectivity index (χ4n) is 3.35. The quantitative estimate of drug-likeness (QED) is 0.570. The van der Waals surface area contributed by atoms with Crippen LogP contribution in [0, 0.1) is 0 Å². The molecule has 7 heteroatoms. The van der Waals surface area contributed by atoms with E-state index in [2.05, 4.69) is 5.32 Å². The summed E-state index contributed by atoms with van der Waals surface area (Å²) in [5.41, 5.74) is 2.01. The van der Waals surface area contributed by atoms with Gasteiger partial charge in [0.05, 0.1) is 0 Å². The summed E-state index contributed by atoms with van der Waals surface area (Å²) < 4.78 is 11.1. The molecule has 0 spiro atoms. The minimum atomic E-state index is -0.895. The van der Waals surface area contributed by atoms with Gasteiger partial charge in [0.15, 0.2) is 6.10 Å². The van der Waals surface area contributed by atoms with Crippen LogP contribution < -0.4 is 15.7 Å². The average molecular weight is 373 g/mol. The third-order valence-corrected chi connectivity index (χ3v) is 4.74. The van der Waals surface area contributed by atoms with Crippen LogP contribution >= 0.6 is 0 Å². The molecule has 1 aromatic carbocycles. The molecule has 1 aliphatic carbocycles. The highest BCUT2D eigenvalue weighted by Gasteiger charge is 2.19. The summed E-state index contributed by atoms with van der Waals surface area (Å²) in [6.45, 7) is 1.89. The molecular formula is C20H23NO6. The van der Waals surface area contributed by atoms with Crippen molar-refractivity contribution in [2.75, 3.05) is 6.54 Å². The minimum Gasteiger partial charge on any atom is -0.481 e. The molecule has 0 unspecified atom stereocenters. The number of carbonyl (C=O) groups is 2. The van der Waals surface area contributed by atoms with Gasteiger partial charge in [-0.05, 0) is 56.7 Å². The Morgan fingerprint density at radius 2 is 2.00 bits per heavy atom. The van der Waals surface area contributed by atoms with E-state index in [1.54, 1.807) is 19.1 Å². The second kappa shape index (κ2) is 8.24. The Balaban J connectivity index is 1.69. The van der Waals surface area contributed by atoms with Crippen molar-refractivity contribution < 1.29 is 23.8 Å². The zero-order valence-corrected chi connectivity index (χ0v) is 15.2. The van der Waals surface area contributed by atoms with Gasteiger partial charge in [0.1, 0.15) is 11.3 Å². The molecule has 1 aliphatic rings. The van der Waals surface area contributed by atoms with Crippen molar-refractivity contribution >= 4 is 22.8 Å². The molecule has 2 N–H and O–H groups in total. The summed E-state index contributed by atoms with van der Waals surface area (Å²) in [7, 11) is 0. The molecule has 1 aromatic heterocycles. The van der Waals surface area contributed by atoms with Gasteiger partial charge in [-0.25, -0.2) is 4.79 Å². The molecule has 27 heavy (non-hydrogen) atoms. The molecule has 1 amide bonds. The molecular weight excluding hydrogens is 350 g/mol. The standard InChI is InChI=1S/C20H23NO6/c1-12(19(24)21-10-4-7-18(22)23)26-13-8-9-15-14-5-2-3-6-16(14)20(25)27-17(15)11-13/h8-9,11-12H,2-7,10H2,1H3,(H,21,24)(H,22,23)/t12-/m0/s1. The van der Waals surface area contributed by atoms with Crippen molar-refractivity contribution in [2.24, 2.45) is 0 Å². The summed E-state index contributed by atoms with van der Waals surface area (Å²) in [6.07, 6.45) is 3.30. The Labute approximate surface area is 156 Å². The number of amides is 1. The van der Waals surface area contributed by atoms with Crippen LogP contribution in [0.1, 0.15) is 43.7 Å². The molecule has 0 bridgehead atoms. The molecule has 144 valence electrons. The summed E-state index contributed by atoms with van der Waals surface area (Å²) in [6, 6.07) is 5.28. The Hall–Kier alpha value is -2.83. The van der Waals surface area contributed by atoms with Gasteiger partial charge < -0.3 is 19.6 Å². The highest BCUT2D eigenvalue weighted by molar-refractivity contribution is 5.83. The van der Waals surface area contributed by atoms with Gasteiger partial charge in [-0.2, -0.15) is 0 Å². The average Bonchev–Trinajstić information content (AvgIpc) is 2.65. The summed E-state index contributed by atoms with van der Waals surface area (Å²) in [4.78, 5) is 34.7. The van der Waals surface area contributed by atoms with Gasteiger partial charge in [0, 0.05) is 30.0 Å². The van der Waals surface area contributed by atoms with Crippen molar-refractivity contribution in [1.29, 1.82) is 0 Å². The van der Waals surface area contributed by atoms with Crippen LogP contribution in [-0.4, -0.2) is 29.6 Å². The number of fused-ring (bicyclic) bond motifs is 3. The molecule has 3 rings (SSSR count). The normalized spacial score (nSPS) is 14.4. The maximum Gasteiger partial charge on any atom is 0.339 e. The maximum absolute atomic E-state index is 12.2. The molecule has 1 atom stereocenters. The van der Waals surface area contributed by atoms with Gasteiger partial charge in [0.25, 0.3) is 5.91 Å². The van der Waals surface area contributed by atoms with Gasteiger partial charge in [-0.1, -0.05) is 0 Å². The van der Waals surface area contributed by atoms with E-state index in [-0.39, 0.29) is 24.5 Å². The number of rotatable bonds is 7. The smallest absolute Gasteiger partial charge is 0.339 e. The summed E-state index contributed by atoms with van der Waals surface area (Å²) in [5, 5.41) is 12.2. The van der Waals surface area contributed by atoms with Crippen LogP contribution in [0.4, 0.5) is 0 Å². The first kappa shape index (κ1) is 18.9. The van der Waals surface area contributed by atoms with Crippen molar-refractivity contribution in [3.8, 4) is 5.75 Å². The SMILES string of the molecule is C[C@H](Oc1ccc2c3c(c(=O)oc2c1)CCCC3)C(=O)NCCCC(=O)O. The third kappa shape index (κ3) is 4.48. The van der Waals surface area contributed by atoms with E-state index in [1.807, 2.05) is 6.07 Å². The van der Waals surface area contributed by atoms with E-state index in [9.17, 15) is 14.4 Å². The van der Waals surface area contributed by atoms with Crippen molar-refractivity contribution in [2.45, 2.75) is 51.6 Å². The number of ether oxygens (including phenoxy) is 1. The second-order valence-electron chi connectivity index (χ2n) is 6.76. The van der Waals surface area contributed by atoms with Crippen LogP contribution in [0.3, 0.4) is 0 Å². The zero-order chi connectivity index (χ0) is 19.4. The van der Waals surface area contributed by atoms with Crippen LogP contribution in [-0.2, 0) is 22.4 Å². The van der Waals surface area contributed by atoms with Crippen LogP contribution in [0.15, 0.2) is 27.4 Å². The molecule has 7 nitrogen and oxygen atoms in total. The van der Waals surface area contributed by atoms with Crippen molar-refractivity contribution in [1.82, 2.24) is 5.32 Å². The number of aliphatic carboxylic acids is 1. The molecule has 0 fully saturated rings. The maximum atomic E-state index is 12.2. The Kier molecular flexibility index (Phi) is 5.78. The number of benzene rings is 1. The predicted octanol–water partition coefficient (Wildman–Crippen LogP) is 2.42. The lowest BCUT2D eigenvalue weighted by atomic mass is 9.91. The fourth-order valence-corrected chi connectivity index (χ4v) is 3.35. The summed E-state index contributed by atoms with van der Waals surface area (Å²) >= 11 is 0. The predicted molar refractivity (Wildman–Crippen MR) is 99.1 cm³/mol. The van der Waals surface area contributed by atoms with Crippen molar-refractivity contribution in [3.63, 3.8) is 0 Å². The molecule has 0 saturated heterocycles. The number of aryl methyl sites for hydroxylation is 1. The lowest BCUT2D eigenvalue weighted by molar-refractivity contribution is -0.137. The molecule has 0 aliphatic heterocycles. The molecule has 2 aromatic rings. The highest BCUT2D eigenvalue weighted by Crippen LogP contribution is 2.29. The number of carboxylic acids is 1. The van der Waals surface area contributed by atoms with E-state index in [1.165, 1.54) is 0 Å².